The molecule has 2 aliphatic rings. The number of benzene rings is 4. The van der Waals surface area contributed by atoms with Crippen LogP contribution in [0.4, 0.5) is 0 Å². The maximum atomic E-state index is 15.9. The van der Waals surface area contributed by atoms with Crippen LogP contribution in [0.1, 0.15) is 126 Å². The molecule has 5 heterocycles. The molecule has 0 bridgehead atoms. The van der Waals surface area contributed by atoms with Crippen molar-refractivity contribution in [1.29, 1.82) is 5.41 Å². The van der Waals surface area contributed by atoms with Gasteiger partial charge in [0.2, 0.25) is 88.6 Å². The summed E-state index contributed by atoms with van der Waals surface area (Å²) in [5.41, 5.74) is 20.8. The zero-order chi connectivity index (χ0) is 98.3. The molecule has 135 heavy (non-hydrogen) atoms. The summed E-state index contributed by atoms with van der Waals surface area (Å²) < 4.78 is 0. The van der Waals surface area contributed by atoms with Gasteiger partial charge in [0.05, 0.1) is 38.2 Å². The van der Waals surface area contributed by atoms with Crippen molar-refractivity contribution in [1.82, 2.24) is 92.3 Å². The molecule has 0 aliphatic carbocycles. The van der Waals surface area contributed by atoms with Gasteiger partial charge in [0.25, 0.3) is 0 Å². The van der Waals surface area contributed by atoms with E-state index >= 15 is 28.8 Å². The van der Waals surface area contributed by atoms with E-state index in [-0.39, 0.29) is 89.6 Å². The zero-order valence-corrected chi connectivity index (χ0v) is 78.1. The SMILES string of the molecule is CCCC[C@H]1C(=O)N(C)[C@@H](Cc2ccccc2)C(=O)N[C@@H](CCCNC(=N)N)C(=O)N[C@H](C(=O)NCC(N)=O)CSCC(=O)N[C@@H](Cc2ccccc2)C(=O)N(C)[C@@H](C)C(=O)N[C@@H](CC(N)=O)C(=O)N2CCC[C@H]2C(=O)N[C@@H](Cc2cnc[nH]2)C(=O)N[C@@H](CC(C)C)C(=O)N(C)CC(=O)C[C@@H](Cc2c[nH]c3ccccc23)C(=O)N[C@@H](CO)C(=O)C[C@@H](Cc2c[nH]c3ccccc23)C(=O)N1C. The van der Waals surface area contributed by atoms with Crippen molar-refractivity contribution in [3.8, 4) is 0 Å². The summed E-state index contributed by atoms with van der Waals surface area (Å²) >= 11 is 0.793. The van der Waals surface area contributed by atoms with Gasteiger partial charge in [-0.3, -0.25) is 86.9 Å². The van der Waals surface area contributed by atoms with Gasteiger partial charge in [-0.05, 0) is 98.6 Å². The van der Waals surface area contributed by atoms with Crippen molar-refractivity contribution in [2.24, 2.45) is 35.0 Å². The van der Waals surface area contributed by atoms with Crippen molar-refractivity contribution in [2.45, 2.75) is 197 Å². The molecule has 9 rings (SSSR count). The van der Waals surface area contributed by atoms with E-state index in [0.717, 1.165) is 31.4 Å². The van der Waals surface area contributed by atoms with Gasteiger partial charge in [-0.15, -0.1) is 11.8 Å². The van der Waals surface area contributed by atoms with Gasteiger partial charge in [-0.25, -0.2) is 4.98 Å². The Morgan fingerprint density at radius 3 is 1.74 bits per heavy atom. The second-order valence-corrected chi connectivity index (χ2v) is 35.9. The number of para-hydroxylation sites is 2. The van der Waals surface area contributed by atoms with Crippen LogP contribution in [0, 0.1) is 23.2 Å². The van der Waals surface area contributed by atoms with Crippen LogP contribution in [-0.2, 0) is 114 Å². The molecule has 0 radical (unpaired) electrons. The molecule has 726 valence electrons. The van der Waals surface area contributed by atoms with Crippen molar-refractivity contribution in [3.05, 3.63) is 162 Å². The Balaban J connectivity index is 1.10. The van der Waals surface area contributed by atoms with E-state index in [9.17, 15) is 57.8 Å². The normalized spacial score (nSPS) is 23.3. The van der Waals surface area contributed by atoms with Crippen LogP contribution in [0.3, 0.4) is 0 Å². The molecular formula is C94H126N22O18S. The first-order valence-corrected chi connectivity index (χ1v) is 46.4. The average molecular weight is 1880 g/mol. The number of hydrogen-bond donors (Lipinski definition) is 17. The second-order valence-electron chi connectivity index (χ2n) is 34.8. The number of thioether (sulfide) groups is 1. The summed E-state index contributed by atoms with van der Waals surface area (Å²) in [5, 5.41) is 44.5. The largest absolute Gasteiger partial charge is 0.394 e. The summed E-state index contributed by atoms with van der Waals surface area (Å²) in [6.07, 6.45) is 4.14. The van der Waals surface area contributed by atoms with Gasteiger partial charge < -0.3 is 110 Å². The van der Waals surface area contributed by atoms with Crippen molar-refractivity contribution >= 4 is 140 Å². The number of nitrogens with one attached hydrogen (secondary N) is 13. The number of hydrogen-bond acceptors (Lipinski definition) is 21. The minimum Gasteiger partial charge on any atom is -0.394 e. The van der Waals surface area contributed by atoms with E-state index in [2.05, 4.69) is 67.8 Å². The number of carbonyl (C=O) groups excluding carboxylic acids is 17. The van der Waals surface area contributed by atoms with Crippen LogP contribution in [0.5, 0.6) is 0 Å². The third kappa shape index (κ3) is 30.3. The van der Waals surface area contributed by atoms with Crippen molar-refractivity contribution in [3.63, 3.8) is 0 Å². The minimum absolute atomic E-state index is 0.00270. The maximum Gasteiger partial charge on any atom is 0.246 e. The lowest BCUT2D eigenvalue weighted by Gasteiger charge is -2.36. The van der Waals surface area contributed by atoms with Gasteiger partial charge in [0, 0.05) is 137 Å². The fourth-order valence-electron chi connectivity index (χ4n) is 16.7. The number of carbonyl (C=O) groups is 17. The third-order valence-corrected chi connectivity index (χ3v) is 25.2. The quantitative estimate of drug-likeness (QED) is 0.0205. The van der Waals surface area contributed by atoms with Crippen molar-refractivity contribution < 1.29 is 86.6 Å². The molecule has 0 spiro atoms. The van der Waals surface area contributed by atoms with E-state index in [0.29, 0.717) is 62.6 Å². The lowest BCUT2D eigenvalue weighted by atomic mass is 9.89. The number of aliphatic hydroxyl groups excluding tert-OH is 1. The molecule has 2 fully saturated rings. The standard InChI is InChI=1S/C94H126N22O18S/c1-9-10-32-76-93(134)115(8)77(38-57-25-15-12-16-26-57)88(129)106-68(31-21-34-100-94(97)98)85(126)111-74(84(125)103-48-80(96)121)51-135-52-81(122)105-71(37-56-23-13-11-14-24-56)91(132)113(6)55(4)82(123)108-72(44-79(95)120)92(133)116-35-22-33-75(116)87(128)107-69(43-62-47-99-53-104-62)86(127)109-70(36-54(2)3)90(131)112(5)49-63(118)41-58(39-60-45-101-66-29-19-17-27-64(60)66)83(124)110-73(50-117)78(119)42-59(89(130)114(76)7)40-61-46-102-67-30-20-18-28-65(61)67/h11-20,23-30,45-47,53-55,58-59,68-77,101-102,117H,9-10,21-22,31-44,48-52H2,1-8H3,(H2,95,120)(H2,96,121)(H,99,104)(H,103,125)(H,105,122)(H,106,129)(H,107,128)(H,108,123)(H,109,127)(H,110,124)(H,111,126)(H4,97,98,100)/t55-,58+,59+,68-,69-,70-,71-,72-,73-,74-,75-,76-,77-/m0/s1. The number of primary amides is 2. The van der Waals surface area contributed by atoms with E-state index in [1.165, 1.54) is 52.5 Å². The monoisotopic (exact) mass is 1880 g/mol. The van der Waals surface area contributed by atoms with Crippen molar-refractivity contribution in [2.75, 3.05) is 72.5 Å². The van der Waals surface area contributed by atoms with Crippen LogP contribution in [0.15, 0.2) is 134 Å². The Morgan fingerprint density at radius 2 is 1.14 bits per heavy atom. The van der Waals surface area contributed by atoms with E-state index in [1.807, 2.05) is 19.1 Å². The maximum absolute atomic E-state index is 15.9. The number of amides is 15. The number of aromatic amines is 3. The summed E-state index contributed by atoms with van der Waals surface area (Å²) in [4.78, 5) is 269. The number of rotatable bonds is 25. The van der Waals surface area contributed by atoms with Crippen LogP contribution < -0.4 is 65.1 Å². The highest BCUT2D eigenvalue weighted by Crippen LogP contribution is 2.29. The van der Waals surface area contributed by atoms with E-state index in [4.69, 9.17) is 22.6 Å². The zero-order valence-electron chi connectivity index (χ0n) is 77.3. The summed E-state index contributed by atoms with van der Waals surface area (Å²) in [7, 11) is 5.34. The van der Waals surface area contributed by atoms with Gasteiger partial charge in [0.15, 0.2) is 17.5 Å². The second kappa shape index (κ2) is 50.8. The lowest BCUT2D eigenvalue weighted by molar-refractivity contribution is -0.150. The fourth-order valence-corrected chi connectivity index (χ4v) is 17.5. The van der Waals surface area contributed by atoms with Crippen LogP contribution in [0.2, 0.25) is 0 Å². The number of aromatic nitrogens is 4. The fraction of sp³-hybridized carbons (Fsp3) is 0.479. The molecule has 15 amide bonds. The molecule has 20 N–H and O–H groups in total. The number of aliphatic hydroxyl groups is 1. The van der Waals surface area contributed by atoms with E-state index in [1.54, 1.807) is 123 Å². The number of Topliss-reactive ketones (excluding diaryl/α,β-unsaturated/α-hetero) is 2. The number of likely N-dealkylation sites (N-methyl/N-ethyl adjacent to an activating group) is 4. The Kier molecular flexibility index (Phi) is 39.5. The third-order valence-electron chi connectivity index (χ3n) is 24.1. The number of nitrogens with zero attached hydrogens (tertiary/aromatic N) is 6. The Bertz CT molecular complexity index is 5340. The highest BCUT2D eigenvalue weighted by Gasteiger charge is 2.44. The number of nitrogens with two attached hydrogens (primary N) is 3. The first kappa shape index (κ1) is 105. The highest BCUT2D eigenvalue weighted by molar-refractivity contribution is 8.00. The first-order valence-electron chi connectivity index (χ1n) is 45.2. The Hall–Kier alpha value is -13.9. The molecular weight excluding hydrogens is 1760 g/mol. The van der Waals surface area contributed by atoms with Crippen LogP contribution >= 0.6 is 11.8 Å². The molecule has 13 atom stereocenters. The lowest BCUT2D eigenvalue weighted by Crippen LogP contribution is -2.60. The molecule has 7 aromatic rings. The van der Waals surface area contributed by atoms with Gasteiger partial charge in [-0.2, -0.15) is 0 Å². The number of fused-ring (bicyclic) bond motifs is 3. The Morgan fingerprint density at radius 1 is 0.556 bits per heavy atom. The first-order chi connectivity index (χ1) is 64.4. The number of H-pyrrole nitrogens is 3. The summed E-state index contributed by atoms with van der Waals surface area (Å²) in [6, 6.07) is 14.8. The van der Waals surface area contributed by atoms with Crippen LogP contribution in [-0.4, -0.2) is 295 Å². The van der Waals surface area contributed by atoms with Gasteiger partial charge in [0.1, 0.15) is 66.5 Å². The van der Waals surface area contributed by atoms with E-state index < -0.39 is 235 Å². The predicted molar refractivity (Wildman–Crippen MR) is 503 cm³/mol. The summed E-state index contributed by atoms with van der Waals surface area (Å²) in [6.45, 7) is 4.32. The number of guanidine groups is 1. The number of unbranched alkanes of at least 4 members (excludes halogenated alkanes) is 1. The molecule has 2 saturated heterocycles. The van der Waals surface area contributed by atoms with Gasteiger partial charge in [-0.1, -0.05) is 131 Å². The van der Waals surface area contributed by atoms with Crippen LogP contribution in [0.25, 0.3) is 21.8 Å². The minimum atomic E-state index is -1.74. The number of ketones is 2. The topological polar surface area (TPSA) is 597 Å². The molecule has 41 heteroatoms. The molecule has 0 unspecified atom stereocenters. The molecule has 0 saturated carbocycles. The predicted octanol–water partition coefficient (Wildman–Crippen LogP) is 0.0959. The molecule has 4 aromatic carbocycles. The number of imidazole rings is 1. The molecule has 2 aliphatic heterocycles. The molecule has 40 nitrogen and oxygen atoms in total. The summed E-state index contributed by atoms with van der Waals surface area (Å²) in [5.74, 6) is -19.0. The highest BCUT2D eigenvalue weighted by atomic mass is 32.2. The van der Waals surface area contributed by atoms with Gasteiger partial charge >= 0.3 is 0 Å². The average Bonchev–Trinajstić information content (AvgIpc) is 1.79. The Labute approximate surface area is 786 Å². The smallest absolute Gasteiger partial charge is 0.246 e. The molecule has 3 aromatic heterocycles.